The third-order valence-corrected chi connectivity index (χ3v) is 4.99. The molecule has 7 heteroatoms. The normalized spacial score (nSPS) is 12.3. The van der Waals surface area contributed by atoms with Crippen LogP contribution < -0.4 is 10.6 Å². The number of aromatic nitrogens is 1. The summed E-state index contributed by atoms with van der Waals surface area (Å²) in [5.41, 5.74) is 1.64. The third-order valence-electron chi connectivity index (χ3n) is 3.08. The van der Waals surface area contributed by atoms with E-state index in [1.54, 1.807) is 11.3 Å². The van der Waals surface area contributed by atoms with Gasteiger partial charge >= 0.3 is 6.03 Å². The molecule has 114 valence electrons. The van der Waals surface area contributed by atoms with Crippen molar-refractivity contribution in [3.05, 3.63) is 45.6 Å². The maximum absolute atomic E-state index is 11.9. The van der Waals surface area contributed by atoms with E-state index in [1.165, 1.54) is 11.3 Å². The van der Waals surface area contributed by atoms with Gasteiger partial charge in [-0.25, -0.2) is 9.78 Å². The largest absolute Gasteiger partial charge is 0.386 e. The first-order valence-corrected chi connectivity index (χ1v) is 8.45. The number of hydrogen-bond acceptors (Lipinski definition) is 5. The Hall–Kier alpha value is -1.96. The number of amides is 2. The summed E-state index contributed by atoms with van der Waals surface area (Å²) in [5.74, 6) is 0. The zero-order valence-corrected chi connectivity index (χ0v) is 13.5. The molecule has 2 aromatic heterocycles. The molecule has 2 amide bonds. The van der Waals surface area contributed by atoms with Crippen LogP contribution in [0.2, 0.25) is 0 Å². The Morgan fingerprint density at radius 2 is 2.27 bits per heavy atom. The summed E-state index contributed by atoms with van der Waals surface area (Å²) < 4.78 is 1.04. The molecule has 22 heavy (non-hydrogen) atoms. The average molecular weight is 333 g/mol. The minimum Gasteiger partial charge on any atom is -0.386 e. The number of carbonyl (C=O) groups excluding carboxylic acids is 1. The molecule has 2 heterocycles. The van der Waals surface area contributed by atoms with Gasteiger partial charge in [-0.2, -0.15) is 0 Å². The summed E-state index contributed by atoms with van der Waals surface area (Å²) in [6.45, 7) is 2.13. The summed E-state index contributed by atoms with van der Waals surface area (Å²) >= 11 is 3.05. The van der Waals surface area contributed by atoms with Crippen LogP contribution in [0.3, 0.4) is 0 Å². The average Bonchev–Trinajstić information content (AvgIpc) is 3.12. The number of benzene rings is 1. The molecule has 0 fully saturated rings. The summed E-state index contributed by atoms with van der Waals surface area (Å²) in [6.07, 6.45) is -0.683. The molecule has 0 saturated carbocycles. The maximum atomic E-state index is 11.9. The zero-order chi connectivity index (χ0) is 15.5. The van der Waals surface area contributed by atoms with Crippen LogP contribution in [0.5, 0.6) is 0 Å². The molecule has 1 atom stereocenters. The highest BCUT2D eigenvalue weighted by atomic mass is 32.1. The van der Waals surface area contributed by atoms with E-state index >= 15 is 0 Å². The number of thiophene rings is 1. The van der Waals surface area contributed by atoms with Gasteiger partial charge in [0.05, 0.1) is 21.8 Å². The van der Waals surface area contributed by atoms with Gasteiger partial charge in [0.1, 0.15) is 6.10 Å². The number of anilines is 1. The molecule has 1 aromatic carbocycles. The molecule has 0 aliphatic heterocycles. The Morgan fingerprint density at radius 3 is 3.05 bits per heavy atom. The molecular weight excluding hydrogens is 318 g/mol. The Balaban J connectivity index is 1.58. The van der Waals surface area contributed by atoms with Gasteiger partial charge in [-0.15, -0.1) is 22.7 Å². The number of aliphatic hydroxyl groups excluding tert-OH is 1. The Kier molecular flexibility index (Phi) is 4.37. The van der Waals surface area contributed by atoms with Crippen molar-refractivity contribution >= 4 is 44.6 Å². The first-order valence-electron chi connectivity index (χ1n) is 6.75. The number of urea groups is 1. The predicted octanol–water partition coefficient (Wildman–Crippen LogP) is 3.52. The third kappa shape index (κ3) is 3.44. The minimum absolute atomic E-state index is 0.175. The number of fused-ring (bicyclic) bond motifs is 1. The van der Waals surface area contributed by atoms with Crippen LogP contribution in [0, 0.1) is 6.92 Å². The molecule has 0 spiro atoms. The lowest BCUT2D eigenvalue weighted by atomic mass is 10.3. The predicted molar refractivity (Wildman–Crippen MR) is 90.7 cm³/mol. The summed E-state index contributed by atoms with van der Waals surface area (Å²) in [5, 5.41) is 18.3. The van der Waals surface area contributed by atoms with Crippen molar-refractivity contribution in [3.63, 3.8) is 0 Å². The molecule has 3 N–H and O–H groups in total. The first-order chi connectivity index (χ1) is 10.6. The van der Waals surface area contributed by atoms with Gasteiger partial charge in [0.2, 0.25) is 0 Å². The lowest BCUT2D eigenvalue weighted by Crippen LogP contribution is -2.32. The number of rotatable bonds is 4. The molecule has 3 aromatic rings. The number of hydrogen-bond donors (Lipinski definition) is 3. The Labute approximate surface area is 135 Å². The van der Waals surface area contributed by atoms with E-state index in [9.17, 15) is 9.90 Å². The van der Waals surface area contributed by atoms with Gasteiger partial charge in [-0.3, -0.25) is 0 Å². The number of thiazole rings is 1. The van der Waals surface area contributed by atoms with Crippen LogP contribution in [-0.4, -0.2) is 22.7 Å². The van der Waals surface area contributed by atoms with E-state index in [1.807, 2.05) is 42.6 Å². The van der Waals surface area contributed by atoms with Crippen LogP contribution in [0.4, 0.5) is 10.5 Å². The Bertz CT molecular complexity index is 783. The highest BCUT2D eigenvalue weighted by Crippen LogP contribution is 2.24. The fraction of sp³-hybridized carbons (Fsp3) is 0.200. The highest BCUT2D eigenvalue weighted by molar-refractivity contribution is 7.18. The second kappa shape index (κ2) is 6.43. The molecule has 3 rings (SSSR count). The quantitative estimate of drug-likeness (QED) is 0.684. The lowest BCUT2D eigenvalue weighted by Gasteiger charge is -2.11. The molecule has 0 unspecified atom stereocenters. The number of nitrogens with one attached hydrogen (secondary N) is 2. The van der Waals surface area contributed by atoms with E-state index in [-0.39, 0.29) is 12.6 Å². The summed E-state index contributed by atoms with van der Waals surface area (Å²) in [7, 11) is 0. The fourth-order valence-corrected chi connectivity index (χ4v) is 3.64. The summed E-state index contributed by atoms with van der Waals surface area (Å²) in [4.78, 5) is 17.1. The van der Waals surface area contributed by atoms with Gasteiger partial charge in [0.15, 0.2) is 0 Å². The van der Waals surface area contributed by atoms with E-state index in [0.29, 0.717) is 5.69 Å². The maximum Gasteiger partial charge on any atom is 0.319 e. The second-order valence-electron chi connectivity index (χ2n) is 4.78. The van der Waals surface area contributed by atoms with Crippen LogP contribution in [-0.2, 0) is 0 Å². The van der Waals surface area contributed by atoms with Crippen molar-refractivity contribution in [1.29, 1.82) is 0 Å². The molecular formula is C15H15N3O2S2. The van der Waals surface area contributed by atoms with E-state index < -0.39 is 6.10 Å². The lowest BCUT2D eigenvalue weighted by molar-refractivity contribution is 0.178. The number of carbonyl (C=O) groups is 1. The van der Waals surface area contributed by atoms with Crippen LogP contribution in [0.15, 0.2) is 35.7 Å². The fourth-order valence-electron chi connectivity index (χ4n) is 2.06. The van der Waals surface area contributed by atoms with E-state index in [0.717, 1.165) is 20.1 Å². The van der Waals surface area contributed by atoms with Gasteiger partial charge < -0.3 is 15.7 Å². The molecule has 0 aliphatic rings. The van der Waals surface area contributed by atoms with Crippen molar-refractivity contribution in [2.45, 2.75) is 13.0 Å². The first kappa shape index (κ1) is 15.0. The summed E-state index contributed by atoms with van der Waals surface area (Å²) in [6, 6.07) is 8.97. The van der Waals surface area contributed by atoms with Gasteiger partial charge in [-0.1, -0.05) is 6.07 Å². The second-order valence-corrected chi connectivity index (χ2v) is 7.00. The molecule has 5 nitrogen and oxygen atoms in total. The molecule has 0 aliphatic carbocycles. The topological polar surface area (TPSA) is 74.2 Å². The van der Waals surface area contributed by atoms with Crippen molar-refractivity contribution in [2.75, 3.05) is 11.9 Å². The van der Waals surface area contributed by atoms with Gasteiger partial charge in [0.25, 0.3) is 0 Å². The van der Waals surface area contributed by atoms with Crippen LogP contribution in [0.1, 0.15) is 16.0 Å². The standard InChI is InChI=1S/C15H15N3O2S2/c1-9-17-11-5-4-10(7-14(11)22-9)18-15(20)16-8-12(19)13-3-2-6-21-13/h2-7,12,19H,8H2,1H3,(H2,16,18,20)/t12-/m1/s1. The van der Waals surface area contributed by atoms with Crippen molar-refractivity contribution < 1.29 is 9.90 Å². The molecule has 0 radical (unpaired) electrons. The minimum atomic E-state index is -0.683. The van der Waals surface area contributed by atoms with Crippen molar-refractivity contribution in [3.8, 4) is 0 Å². The number of nitrogens with zero attached hydrogens (tertiary/aromatic N) is 1. The number of aryl methyl sites for hydroxylation is 1. The smallest absolute Gasteiger partial charge is 0.319 e. The van der Waals surface area contributed by atoms with Crippen molar-refractivity contribution in [2.24, 2.45) is 0 Å². The van der Waals surface area contributed by atoms with Crippen LogP contribution >= 0.6 is 22.7 Å². The highest BCUT2D eigenvalue weighted by Gasteiger charge is 2.10. The van der Waals surface area contributed by atoms with Gasteiger partial charge in [0, 0.05) is 10.6 Å². The molecule has 0 bridgehead atoms. The monoisotopic (exact) mass is 333 g/mol. The van der Waals surface area contributed by atoms with Crippen LogP contribution in [0.25, 0.3) is 10.2 Å². The van der Waals surface area contributed by atoms with E-state index in [4.69, 9.17) is 0 Å². The van der Waals surface area contributed by atoms with Gasteiger partial charge in [-0.05, 0) is 36.6 Å². The van der Waals surface area contributed by atoms with Crippen molar-refractivity contribution in [1.82, 2.24) is 10.3 Å². The number of aliphatic hydroxyl groups is 1. The molecule has 0 saturated heterocycles. The zero-order valence-electron chi connectivity index (χ0n) is 11.9. The van der Waals surface area contributed by atoms with E-state index in [2.05, 4.69) is 15.6 Å². The SMILES string of the molecule is Cc1nc2ccc(NC(=O)NC[C@@H](O)c3cccs3)cc2s1. The Morgan fingerprint density at radius 1 is 1.41 bits per heavy atom.